The normalized spacial score (nSPS) is 10.4. The van der Waals surface area contributed by atoms with Gasteiger partial charge in [-0.2, -0.15) is 0 Å². The summed E-state index contributed by atoms with van der Waals surface area (Å²) in [4.78, 5) is 26.1. The summed E-state index contributed by atoms with van der Waals surface area (Å²) in [6, 6.07) is 0. The number of nitrogens with zero attached hydrogens (tertiary/aromatic N) is 1. The molecule has 106 valence electrons. The van der Waals surface area contributed by atoms with Gasteiger partial charge in [0.05, 0.1) is 16.5 Å². The number of aryl methyl sites for hydroxylation is 1. The minimum Gasteiger partial charge on any atom is -0.481 e. The fourth-order valence-electron chi connectivity index (χ4n) is 1.40. The van der Waals surface area contributed by atoms with Gasteiger partial charge in [0.15, 0.2) is 0 Å². The second-order valence-electron chi connectivity index (χ2n) is 4.05. The van der Waals surface area contributed by atoms with E-state index in [0.717, 1.165) is 16.5 Å². The maximum absolute atomic E-state index is 11.5. The molecule has 0 aliphatic carbocycles. The second kappa shape index (κ2) is 8.92. The molecule has 19 heavy (non-hydrogen) atoms. The largest absolute Gasteiger partial charge is 0.481 e. The Hall–Kier alpha value is -1.08. The fraction of sp³-hybridized carbons (Fsp3) is 0.583. The predicted octanol–water partition coefficient (Wildman–Crippen LogP) is 2.06. The van der Waals surface area contributed by atoms with Crippen molar-refractivity contribution in [3.63, 3.8) is 0 Å². The molecular formula is C12H18N2O3S2. The highest BCUT2D eigenvalue weighted by Gasteiger charge is 2.03. The van der Waals surface area contributed by atoms with E-state index in [1.165, 1.54) is 11.8 Å². The molecule has 0 saturated carbocycles. The second-order valence-corrected chi connectivity index (χ2v) is 6.10. The van der Waals surface area contributed by atoms with Gasteiger partial charge in [0.2, 0.25) is 5.91 Å². The Bertz CT molecular complexity index is 421. The summed E-state index contributed by atoms with van der Waals surface area (Å²) in [7, 11) is 0. The number of carboxylic acid groups (broad SMARTS) is 1. The Labute approximate surface area is 120 Å². The molecule has 0 atom stereocenters. The van der Waals surface area contributed by atoms with Crippen LogP contribution in [0.15, 0.2) is 5.38 Å². The maximum atomic E-state index is 11.5. The Morgan fingerprint density at radius 2 is 2.26 bits per heavy atom. The van der Waals surface area contributed by atoms with Crippen LogP contribution in [0, 0.1) is 6.92 Å². The van der Waals surface area contributed by atoms with E-state index in [4.69, 9.17) is 5.11 Å². The molecule has 0 saturated heterocycles. The molecular weight excluding hydrogens is 284 g/mol. The van der Waals surface area contributed by atoms with E-state index in [0.29, 0.717) is 25.1 Å². The maximum Gasteiger partial charge on any atom is 0.303 e. The molecule has 1 heterocycles. The van der Waals surface area contributed by atoms with Crippen LogP contribution in [0.5, 0.6) is 0 Å². The molecule has 0 aliphatic rings. The number of thioether (sulfide) groups is 1. The summed E-state index contributed by atoms with van der Waals surface area (Å²) in [5.41, 5.74) is 1.02. The summed E-state index contributed by atoms with van der Waals surface area (Å²) in [6.45, 7) is 2.51. The van der Waals surface area contributed by atoms with Crippen molar-refractivity contribution in [2.75, 3.05) is 12.3 Å². The minimum atomic E-state index is -0.791. The number of hydrogen-bond donors (Lipinski definition) is 2. The van der Waals surface area contributed by atoms with Gasteiger partial charge in [0.1, 0.15) is 0 Å². The van der Waals surface area contributed by atoms with Crippen LogP contribution in [0.25, 0.3) is 0 Å². The zero-order valence-electron chi connectivity index (χ0n) is 10.8. The molecule has 1 aromatic rings. The van der Waals surface area contributed by atoms with Gasteiger partial charge >= 0.3 is 5.97 Å². The van der Waals surface area contributed by atoms with Crippen LogP contribution in [0.1, 0.15) is 30.0 Å². The summed E-state index contributed by atoms with van der Waals surface area (Å²) >= 11 is 3.15. The SMILES string of the molecule is Cc1nc(CSCC(=O)NCCCCC(=O)O)cs1. The lowest BCUT2D eigenvalue weighted by Crippen LogP contribution is -2.26. The molecule has 0 fully saturated rings. The van der Waals surface area contributed by atoms with E-state index in [9.17, 15) is 9.59 Å². The van der Waals surface area contributed by atoms with E-state index >= 15 is 0 Å². The Balaban J connectivity index is 2.00. The molecule has 0 aromatic carbocycles. The monoisotopic (exact) mass is 302 g/mol. The highest BCUT2D eigenvalue weighted by molar-refractivity contribution is 7.99. The minimum absolute atomic E-state index is 0.00715. The average Bonchev–Trinajstić information content (AvgIpc) is 2.74. The number of hydrogen-bond acceptors (Lipinski definition) is 5. The van der Waals surface area contributed by atoms with Crippen molar-refractivity contribution in [1.29, 1.82) is 0 Å². The summed E-state index contributed by atoms with van der Waals surface area (Å²) < 4.78 is 0. The number of carboxylic acids is 1. The van der Waals surface area contributed by atoms with Crippen LogP contribution in [-0.2, 0) is 15.3 Å². The average molecular weight is 302 g/mol. The first-order valence-electron chi connectivity index (χ1n) is 6.05. The van der Waals surface area contributed by atoms with Crippen molar-refractivity contribution in [2.45, 2.75) is 31.9 Å². The Morgan fingerprint density at radius 1 is 1.47 bits per heavy atom. The van der Waals surface area contributed by atoms with Gasteiger partial charge in [-0.3, -0.25) is 9.59 Å². The lowest BCUT2D eigenvalue weighted by Gasteiger charge is -2.03. The third-order valence-electron chi connectivity index (χ3n) is 2.29. The molecule has 1 aromatic heterocycles. The number of nitrogens with one attached hydrogen (secondary N) is 1. The number of carbonyl (C=O) groups is 2. The van der Waals surface area contributed by atoms with Gasteiger partial charge in [-0.25, -0.2) is 4.98 Å². The van der Waals surface area contributed by atoms with Crippen molar-refractivity contribution >= 4 is 35.0 Å². The summed E-state index contributed by atoms with van der Waals surface area (Å²) in [6.07, 6.45) is 1.46. The number of rotatable bonds is 9. The van der Waals surface area contributed by atoms with E-state index < -0.39 is 5.97 Å². The van der Waals surface area contributed by atoms with Crippen LogP contribution in [0.4, 0.5) is 0 Å². The zero-order chi connectivity index (χ0) is 14.1. The molecule has 1 rings (SSSR count). The summed E-state index contributed by atoms with van der Waals surface area (Å²) in [5.74, 6) is 0.361. The molecule has 0 aliphatic heterocycles. The molecule has 0 unspecified atom stereocenters. The fourth-order valence-corrected chi connectivity index (χ4v) is 2.87. The number of unbranched alkanes of at least 4 members (excludes halogenated alkanes) is 1. The predicted molar refractivity (Wildman–Crippen MR) is 77.5 cm³/mol. The van der Waals surface area contributed by atoms with Gasteiger partial charge in [0, 0.05) is 24.1 Å². The van der Waals surface area contributed by atoms with Crippen LogP contribution < -0.4 is 5.32 Å². The van der Waals surface area contributed by atoms with Gasteiger partial charge in [-0.05, 0) is 19.8 Å². The van der Waals surface area contributed by atoms with E-state index in [-0.39, 0.29) is 12.3 Å². The number of thiazole rings is 1. The highest BCUT2D eigenvalue weighted by atomic mass is 32.2. The third kappa shape index (κ3) is 7.84. The quantitative estimate of drug-likeness (QED) is 0.683. The zero-order valence-corrected chi connectivity index (χ0v) is 12.5. The summed E-state index contributed by atoms with van der Waals surface area (Å²) in [5, 5.41) is 14.3. The Morgan fingerprint density at radius 3 is 2.89 bits per heavy atom. The van der Waals surface area contributed by atoms with Gasteiger partial charge in [-0.15, -0.1) is 23.1 Å². The smallest absolute Gasteiger partial charge is 0.303 e. The first-order chi connectivity index (χ1) is 9.08. The van der Waals surface area contributed by atoms with Gasteiger partial charge < -0.3 is 10.4 Å². The lowest BCUT2D eigenvalue weighted by molar-refractivity contribution is -0.137. The first-order valence-corrected chi connectivity index (χ1v) is 8.08. The third-order valence-corrected chi connectivity index (χ3v) is 4.08. The van der Waals surface area contributed by atoms with Gasteiger partial charge in [-0.1, -0.05) is 0 Å². The van der Waals surface area contributed by atoms with Crippen LogP contribution >= 0.6 is 23.1 Å². The van der Waals surface area contributed by atoms with E-state index in [2.05, 4.69) is 10.3 Å². The number of aliphatic carboxylic acids is 1. The number of carbonyl (C=O) groups excluding carboxylic acids is 1. The van der Waals surface area contributed by atoms with E-state index in [1.807, 2.05) is 12.3 Å². The Kier molecular flexibility index (Phi) is 7.50. The lowest BCUT2D eigenvalue weighted by atomic mass is 10.2. The van der Waals surface area contributed by atoms with Crippen LogP contribution in [0.2, 0.25) is 0 Å². The van der Waals surface area contributed by atoms with E-state index in [1.54, 1.807) is 11.3 Å². The molecule has 0 spiro atoms. The molecule has 0 radical (unpaired) electrons. The van der Waals surface area contributed by atoms with Crippen molar-refractivity contribution in [1.82, 2.24) is 10.3 Å². The number of aromatic nitrogens is 1. The van der Waals surface area contributed by atoms with Crippen molar-refractivity contribution in [3.8, 4) is 0 Å². The molecule has 5 nitrogen and oxygen atoms in total. The molecule has 7 heteroatoms. The molecule has 0 bridgehead atoms. The van der Waals surface area contributed by atoms with Gasteiger partial charge in [0.25, 0.3) is 0 Å². The molecule has 2 N–H and O–H groups in total. The van der Waals surface area contributed by atoms with Crippen LogP contribution in [0.3, 0.4) is 0 Å². The number of amides is 1. The van der Waals surface area contributed by atoms with Crippen LogP contribution in [-0.4, -0.2) is 34.3 Å². The molecule has 1 amide bonds. The van der Waals surface area contributed by atoms with Crippen molar-refractivity contribution < 1.29 is 14.7 Å². The van der Waals surface area contributed by atoms with Crippen molar-refractivity contribution in [2.24, 2.45) is 0 Å². The van der Waals surface area contributed by atoms with Crippen molar-refractivity contribution in [3.05, 3.63) is 16.1 Å². The first kappa shape index (κ1) is 16.0. The highest BCUT2D eigenvalue weighted by Crippen LogP contribution is 2.14. The standard InChI is InChI=1S/C12H18N2O3S2/c1-9-14-10(7-19-9)6-18-8-11(15)13-5-3-2-4-12(16)17/h7H,2-6,8H2,1H3,(H,13,15)(H,16,17). The topological polar surface area (TPSA) is 79.3 Å².